The second kappa shape index (κ2) is 3.56. The smallest absolute Gasteiger partial charge is 0.197 e. The highest BCUT2D eigenvalue weighted by Gasteiger charge is 2.17. The summed E-state index contributed by atoms with van der Waals surface area (Å²) in [6.45, 7) is 4.02. The summed E-state index contributed by atoms with van der Waals surface area (Å²) in [6, 6.07) is 0. The summed E-state index contributed by atoms with van der Waals surface area (Å²) in [6.07, 6.45) is 4.48. The van der Waals surface area contributed by atoms with E-state index in [0.29, 0.717) is 12.2 Å². The van der Waals surface area contributed by atoms with Gasteiger partial charge in [0.25, 0.3) is 0 Å². The van der Waals surface area contributed by atoms with Gasteiger partial charge in [0.05, 0.1) is 6.10 Å². The van der Waals surface area contributed by atoms with Crippen LogP contribution in [0.4, 0.5) is 0 Å². The maximum atomic E-state index is 11.0. The first-order valence-corrected chi connectivity index (χ1v) is 4.14. The Kier molecular flexibility index (Phi) is 2.69. The lowest BCUT2D eigenvalue weighted by Gasteiger charge is -2.11. The monoisotopic (exact) mass is 154 g/mol. The standard InChI is InChI=1S/C9H14O2/c1-3-7(2)11-9-6-4-5-8(9)10/h6-7H,3-5H2,1-2H3. The lowest BCUT2D eigenvalue weighted by Crippen LogP contribution is -2.09. The molecule has 0 amide bonds. The van der Waals surface area contributed by atoms with Gasteiger partial charge in [-0.1, -0.05) is 6.92 Å². The summed E-state index contributed by atoms with van der Waals surface area (Å²) >= 11 is 0. The third kappa shape index (κ3) is 2.07. The molecule has 0 heterocycles. The second-order valence-electron chi connectivity index (χ2n) is 2.87. The molecule has 62 valence electrons. The molecule has 0 aliphatic heterocycles. The van der Waals surface area contributed by atoms with E-state index in [0.717, 1.165) is 12.8 Å². The maximum Gasteiger partial charge on any atom is 0.197 e. The normalized spacial score (nSPS) is 19.8. The van der Waals surface area contributed by atoms with Crippen molar-refractivity contribution in [3.63, 3.8) is 0 Å². The minimum absolute atomic E-state index is 0.158. The van der Waals surface area contributed by atoms with Gasteiger partial charge in [-0.05, 0) is 25.8 Å². The molecule has 2 nitrogen and oxygen atoms in total. The molecule has 0 aromatic carbocycles. The molecular weight excluding hydrogens is 140 g/mol. The van der Waals surface area contributed by atoms with Crippen molar-refractivity contribution < 1.29 is 9.53 Å². The number of Topliss-reactive ketones (excluding diaryl/α,β-unsaturated/α-hetero) is 1. The van der Waals surface area contributed by atoms with Crippen LogP contribution in [0.2, 0.25) is 0 Å². The Hall–Kier alpha value is -0.790. The Morgan fingerprint density at radius 1 is 1.73 bits per heavy atom. The molecule has 0 bridgehead atoms. The average Bonchev–Trinajstić information content (AvgIpc) is 2.37. The van der Waals surface area contributed by atoms with Gasteiger partial charge >= 0.3 is 0 Å². The van der Waals surface area contributed by atoms with E-state index in [4.69, 9.17) is 4.74 Å². The third-order valence-corrected chi connectivity index (χ3v) is 1.88. The summed E-state index contributed by atoms with van der Waals surface area (Å²) in [4.78, 5) is 11.0. The molecule has 0 fully saturated rings. The second-order valence-corrected chi connectivity index (χ2v) is 2.87. The van der Waals surface area contributed by atoms with Gasteiger partial charge in [0.2, 0.25) is 0 Å². The van der Waals surface area contributed by atoms with E-state index in [9.17, 15) is 4.79 Å². The fraction of sp³-hybridized carbons (Fsp3) is 0.667. The van der Waals surface area contributed by atoms with Crippen LogP contribution in [-0.4, -0.2) is 11.9 Å². The van der Waals surface area contributed by atoms with Crippen molar-refractivity contribution in [1.29, 1.82) is 0 Å². The van der Waals surface area contributed by atoms with E-state index in [1.165, 1.54) is 0 Å². The summed E-state index contributed by atoms with van der Waals surface area (Å²) in [5.74, 6) is 0.740. The molecule has 11 heavy (non-hydrogen) atoms. The number of ketones is 1. The van der Waals surface area contributed by atoms with E-state index in [2.05, 4.69) is 0 Å². The first kappa shape index (κ1) is 8.31. The van der Waals surface area contributed by atoms with Crippen LogP contribution in [0, 0.1) is 0 Å². The third-order valence-electron chi connectivity index (χ3n) is 1.88. The molecule has 0 saturated carbocycles. The molecule has 0 saturated heterocycles. The van der Waals surface area contributed by atoms with Crippen molar-refractivity contribution in [2.24, 2.45) is 0 Å². The highest BCUT2D eigenvalue weighted by molar-refractivity contribution is 5.95. The number of ether oxygens (including phenoxy) is 1. The zero-order chi connectivity index (χ0) is 8.27. The van der Waals surface area contributed by atoms with Gasteiger partial charge < -0.3 is 4.74 Å². The van der Waals surface area contributed by atoms with Crippen LogP contribution in [0.15, 0.2) is 11.8 Å². The fourth-order valence-corrected chi connectivity index (χ4v) is 0.985. The Bertz CT molecular complexity index is 182. The van der Waals surface area contributed by atoms with Crippen LogP contribution in [0.3, 0.4) is 0 Å². The summed E-state index contributed by atoms with van der Waals surface area (Å²) in [7, 11) is 0. The molecule has 0 aromatic heterocycles. The van der Waals surface area contributed by atoms with Crippen molar-refractivity contribution in [3.8, 4) is 0 Å². The molecule has 1 rings (SSSR count). The molecule has 2 heteroatoms. The van der Waals surface area contributed by atoms with Crippen molar-refractivity contribution in [1.82, 2.24) is 0 Å². The molecule has 0 aromatic rings. The van der Waals surface area contributed by atoms with Crippen molar-refractivity contribution in [2.45, 2.75) is 39.2 Å². The topological polar surface area (TPSA) is 26.3 Å². The lowest BCUT2D eigenvalue weighted by molar-refractivity contribution is -0.118. The highest BCUT2D eigenvalue weighted by Crippen LogP contribution is 2.17. The molecule has 1 aliphatic carbocycles. The fourth-order valence-electron chi connectivity index (χ4n) is 0.985. The van der Waals surface area contributed by atoms with Crippen LogP contribution < -0.4 is 0 Å². The van der Waals surface area contributed by atoms with Gasteiger partial charge in [0.15, 0.2) is 11.5 Å². The molecule has 1 atom stereocenters. The number of allylic oxidation sites excluding steroid dienone is 2. The molecule has 0 N–H and O–H groups in total. The summed E-state index contributed by atoms with van der Waals surface area (Å²) in [5.41, 5.74) is 0. The SMILES string of the molecule is CCC(C)OC1=CCCC1=O. The van der Waals surface area contributed by atoms with Gasteiger partial charge in [-0.15, -0.1) is 0 Å². The van der Waals surface area contributed by atoms with Gasteiger partial charge in [-0.25, -0.2) is 0 Å². The van der Waals surface area contributed by atoms with Gasteiger partial charge in [-0.3, -0.25) is 4.79 Å². The van der Waals surface area contributed by atoms with E-state index >= 15 is 0 Å². The quantitative estimate of drug-likeness (QED) is 0.621. The molecule has 1 aliphatic rings. The first-order valence-electron chi connectivity index (χ1n) is 4.14. The molecule has 1 unspecified atom stereocenters. The Morgan fingerprint density at radius 3 is 2.91 bits per heavy atom. The van der Waals surface area contributed by atoms with Crippen molar-refractivity contribution in [3.05, 3.63) is 11.8 Å². The summed E-state index contributed by atoms with van der Waals surface area (Å²) < 4.78 is 5.38. The highest BCUT2D eigenvalue weighted by atomic mass is 16.5. The Morgan fingerprint density at radius 2 is 2.45 bits per heavy atom. The number of carbonyl (C=O) groups is 1. The zero-order valence-corrected chi connectivity index (χ0v) is 7.09. The van der Waals surface area contributed by atoms with E-state index < -0.39 is 0 Å². The van der Waals surface area contributed by atoms with E-state index in [1.54, 1.807) is 0 Å². The largest absolute Gasteiger partial charge is 0.487 e. The van der Waals surface area contributed by atoms with Gasteiger partial charge in [0, 0.05) is 6.42 Å². The van der Waals surface area contributed by atoms with Crippen LogP contribution in [0.1, 0.15) is 33.1 Å². The average molecular weight is 154 g/mol. The minimum Gasteiger partial charge on any atom is -0.487 e. The lowest BCUT2D eigenvalue weighted by atomic mass is 10.3. The Balaban J connectivity index is 2.42. The minimum atomic E-state index is 0.158. The number of carbonyl (C=O) groups excluding carboxylic acids is 1. The first-order chi connectivity index (χ1) is 5.24. The predicted molar refractivity (Wildman–Crippen MR) is 43.2 cm³/mol. The van der Waals surface area contributed by atoms with Crippen LogP contribution in [0.5, 0.6) is 0 Å². The summed E-state index contributed by atoms with van der Waals surface area (Å²) in [5, 5.41) is 0. The zero-order valence-electron chi connectivity index (χ0n) is 7.09. The molecule has 0 radical (unpaired) electrons. The number of hydrogen-bond acceptors (Lipinski definition) is 2. The van der Waals surface area contributed by atoms with Crippen molar-refractivity contribution >= 4 is 5.78 Å². The number of rotatable bonds is 3. The predicted octanol–water partition coefficient (Wildman–Crippen LogP) is 2.05. The van der Waals surface area contributed by atoms with Crippen LogP contribution in [0.25, 0.3) is 0 Å². The van der Waals surface area contributed by atoms with Crippen LogP contribution in [-0.2, 0) is 9.53 Å². The van der Waals surface area contributed by atoms with Gasteiger partial charge in [0.1, 0.15) is 0 Å². The molecular formula is C9H14O2. The van der Waals surface area contributed by atoms with E-state index in [-0.39, 0.29) is 11.9 Å². The van der Waals surface area contributed by atoms with Crippen LogP contribution >= 0.6 is 0 Å². The Labute approximate surface area is 67.2 Å². The van der Waals surface area contributed by atoms with Gasteiger partial charge in [-0.2, -0.15) is 0 Å². The number of hydrogen-bond donors (Lipinski definition) is 0. The maximum absolute atomic E-state index is 11.0. The molecule has 0 spiro atoms. The van der Waals surface area contributed by atoms with E-state index in [1.807, 2.05) is 19.9 Å². The van der Waals surface area contributed by atoms with Crippen molar-refractivity contribution in [2.75, 3.05) is 0 Å².